The SMILES string of the molecule is Cc1cccc(CN2CCCCC2CNC(=O)CCN)c1C.Cl. The van der Waals surface area contributed by atoms with E-state index < -0.39 is 0 Å². The maximum absolute atomic E-state index is 11.6. The Kier molecular flexibility index (Phi) is 8.59. The third-order valence-corrected chi connectivity index (χ3v) is 4.75. The van der Waals surface area contributed by atoms with Crippen molar-refractivity contribution in [2.24, 2.45) is 5.73 Å². The van der Waals surface area contributed by atoms with E-state index in [1.807, 2.05) is 0 Å². The van der Waals surface area contributed by atoms with Gasteiger partial charge in [-0.3, -0.25) is 9.69 Å². The summed E-state index contributed by atoms with van der Waals surface area (Å²) in [5.41, 5.74) is 9.57. The molecular weight excluding hydrogens is 310 g/mol. The summed E-state index contributed by atoms with van der Waals surface area (Å²) in [6, 6.07) is 6.97. The van der Waals surface area contributed by atoms with Gasteiger partial charge in [0.05, 0.1) is 0 Å². The fourth-order valence-corrected chi connectivity index (χ4v) is 3.15. The number of likely N-dealkylation sites (tertiary alicyclic amines) is 1. The molecule has 1 heterocycles. The summed E-state index contributed by atoms with van der Waals surface area (Å²) in [6.45, 7) is 7.62. The summed E-state index contributed by atoms with van der Waals surface area (Å²) in [4.78, 5) is 14.2. The number of carbonyl (C=O) groups is 1. The first-order valence-electron chi connectivity index (χ1n) is 8.37. The number of nitrogens with one attached hydrogen (secondary N) is 1. The van der Waals surface area contributed by atoms with Crippen LogP contribution in [0.1, 0.15) is 42.4 Å². The Balaban J connectivity index is 0.00000264. The summed E-state index contributed by atoms with van der Waals surface area (Å²) in [5.74, 6) is 0.0692. The lowest BCUT2D eigenvalue weighted by Crippen LogP contribution is -2.46. The zero-order valence-electron chi connectivity index (χ0n) is 14.3. The standard InChI is InChI=1S/C18H29N3O.ClH/c1-14-6-5-7-16(15(14)2)13-21-11-4-3-8-17(21)12-20-18(22)9-10-19;/h5-7,17H,3-4,8-13,19H2,1-2H3,(H,20,22);1H. The number of aryl methyl sites for hydroxylation is 1. The topological polar surface area (TPSA) is 58.4 Å². The molecule has 0 bridgehead atoms. The van der Waals surface area contributed by atoms with E-state index >= 15 is 0 Å². The number of amides is 1. The van der Waals surface area contributed by atoms with Crippen molar-refractivity contribution in [1.29, 1.82) is 0 Å². The number of benzene rings is 1. The van der Waals surface area contributed by atoms with Crippen molar-refractivity contribution in [3.05, 3.63) is 34.9 Å². The monoisotopic (exact) mass is 339 g/mol. The lowest BCUT2D eigenvalue weighted by molar-refractivity contribution is -0.121. The van der Waals surface area contributed by atoms with Gasteiger partial charge in [-0.25, -0.2) is 0 Å². The summed E-state index contributed by atoms with van der Waals surface area (Å²) in [6.07, 6.45) is 4.08. The third-order valence-electron chi connectivity index (χ3n) is 4.75. The maximum Gasteiger partial charge on any atom is 0.221 e. The molecule has 130 valence electrons. The molecule has 0 spiro atoms. The predicted octanol–water partition coefficient (Wildman–Crippen LogP) is 2.54. The molecule has 4 nitrogen and oxygen atoms in total. The van der Waals surface area contributed by atoms with Crippen LogP contribution in [-0.2, 0) is 11.3 Å². The fraction of sp³-hybridized carbons (Fsp3) is 0.611. The quantitative estimate of drug-likeness (QED) is 0.837. The van der Waals surface area contributed by atoms with Crippen molar-refractivity contribution in [3.8, 4) is 0 Å². The van der Waals surface area contributed by atoms with Crippen LogP contribution in [0.3, 0.4) is 0 Å². The van der Waals surface area contributed by atoms with Crippen molar-refractivity contribution in [3.63, 3.8) is 0 Å². The molecule has 0 aliphatic carbocycles. The predicted molar refractivity (Wildman–Crippen MR) is 97.9 cm³/mol. The summed E-state index contributed by atoms with van der Waals surface area (Å²) in [5, 5.41) is 3.03. The highest BCUT2D eigenvalue weighted by molar-refractivity contribution is 5.85. The molecule has 1 saturated heterocycles. The number of rotatable bonds is 6. The zero-order valence-corrected chi connectivity index (χ0v) is 15.1. The van der Waals surface area contributed by atoms with Crippen LogP contribution in [0.5, 0.6) is 0 Å². The minimum Gasteiger partial charge on any atom is -0.354 e. The normalized spacial score (nSPS) is 18.3. The lowest BCUT2D eigenvalue weighted by Gasteiger charge is -2.36. The maximum atomic E-state index is 11.6. The Morgan fingerprint density at radius 3 is 2.87 bits per heavy atom. The van der Waals surface area contributed by atoms with Gasteiger partial charge in [-0.2, -0.15) is 0 Å². The summed E-state index contributed by atoms with van der Waals surface area (Å²) >= 11 is 0. The average Bonchev–Trinajstić information content (AvgIpc) is 2.51. The number of nitrogens with two attached hydrogens (primary N) is 1. The number of halogens is 1. The van der Waals surface area contributed by atoms with E-state index in [4.69, 9.17) is 5.73 Å². The Morgan fingerprint density at radius 1 is 1.35 bits per heavy atom. The molecular formula is C18H30ClN3O. The third kappa shape index (κ3) is 5.79. The van der Waals surface area contributed by atoms with Gasteiger partial charge in [0, 0.05) is 32.1 Å². The molecule has 1 aromatic carbocycles. The largest absolute Gasteiger partial charge is 0.354 e. The number of nitrogens with zero attached hydrogens (tertiary/aromatic N) is 1. The van der Waals surface area contributed by atoms with Gasteiger partial charge < -0.3 is 11.1 Å². The second-order valence-electron chi connectivity index (χ2n) is 6.32. The molecule has 0 aromatic heterocycles. The number of hydrogen-bond acceptors (Lipinski definition) is 3. The van der Waals surface area contributed by atoms with E-state index in [1.165, 1.54) is 29.5 Å². The van der Waals surface area contributed by atoms with Crippen molar-refractivity contribution < 1.29 is 4.79 Å². The van der Waals surface area contributed by atoms with Crippen LogP contribution in [0.2, 0.25) is 0 Å². The van der Waals surface area contributed by atoms with Gasteiger partial charge in [-0.15, -0.1) is 12.4 Å². The fourth-order valence-electron chi connectivity index (χ4n) is 3.15. The highest BCUT2D eigenvalue weighted by atomic mass is 35.5. The minimum atomic E-state index is 0. The van der Waals surface area contributed by atoms with Gasteiger partial charge >= 0.3 is 0 Å². The molecule has 0 saturated carbocycles. The molecule has 5 heteroatoms. The van der Waals surface area contributed by atoms with Crippen molar-refractivity contribution in [2.45, 2.75) is 52.1 Å². The molecule has 1 fully saturated rings. The van der Waals surface area contributed by atoms with E-state index in [2.05, 4.69) is 42.3 Å². The molecule has 3 N–H and O–H groups in total. The molecule has 2 rings (SSSR count). The molecule has 1 unspecified atom stereocenters. The van der Waals surface area contributed by atoms with Crippen molar-refractivity contribution in [2.75, 3.05) is 19.6 Å². The molecule has 1 amide bonds. The van der Waals surface area contributed by atoms with Crippen LogP contribution in [0.4, 0.5) is 0 Å². The first-order chi connectivity index (χ1) is 10.6. The molecule has 1 aromatic rings. The van der Waals surface area contributed by atoms with Crippen LogP contribution >= 0.6 is 12.4 Å². The van der Waals surface area contributed by atoms with E-state index in [0.29, 0.717) is 19.0 Å². The van der Waals surface area contributed by atoms with Crippen LogP contribution in [-0.4, -0.2) is 36.5 Å². The summed E-state index contributed by atoms with van der Waals surface area (Å²) in [7, 11) is 0. The molecule has 0 radical (unpaired) electrons. The van der Waals surface area contributed by atoms with Crippen molar-refractivity contribution in [1.82, 2.24) is 10.2 Å². The van der Waals surface area contributed by atoms with Crippen LogP contribution in [0, 0.1) is 13.8 Å². The Labute approximate surface area is 146 Å². The smallest absolute Gasteiger partial charge is 0.221 e. The van der Waals surface area contributed by atoms with Crippen LogP contribution in [0.15, 0.2) is 18.2 Å². The second kappa shape index (κ2) is 9.91. The Bertz CT molecular complexity index is 507. The average molecular weight is 340 g/mol. The van der Waals surface area contributed by atoms with E-state index in [0.717, 1.165) is 26.1 Å². The second-order valence-corrected chi connectivity index (χ2v) is 6.32. The van der Waals surface area contributed by atoms with Gasteiger partial charge in [0.15, 0.2) is 0 Å². The number of carbonyl (C=O) groups excluding carboxylic acids is 1. The first kappa shape index (κ1) is 19.9. The first-order valence-corrected chi connectivity index (χ1v) is 8.37. The van der Waals surface area contributed by atoms with Gasteiger partial charge in [0.2, 0.25) is 5.91 Å². The zero-order chi connectivity index (χ0) is 15.9. The Hall–Kier alpha value is -1.10. The number of hydrogen-bond donors (Lipinski definition) is 2. The summed E-state index contributed by atoms with van der Waals surface area (Å²) < 4.78 is 0. The molecule has 23 heavy (non-hydrogen) atoms. The van der Waals surface area contributed by atoms with E-state index in [9.17, 15) is 4.79 Å². The van der Waals surface area contributed by atoms with Gasteiger partial charge in [0.1, 0.15) is 0 Å². The highest BCUT2D eigenvalue weighted by Crippen LogP contribution is 2.22. The van der Waals surface area contributed by atoms with Crippen molar-refractivity contribution >= 4 is 18.3 Å². The molecule has 1 atom stereocenters. The van der Waals surface area contributed by atoms with E-state index in [1.54, 1.807) is 0 Å². The molecule has 1 aliphatic heterocycles. The van der Waals surface area contributed by atoms with Gasteiger partial charge in [0.25, 0.3) is 0 Å². The highest BCUT2D eigenvalue weighted by Gasteiger charge is 2.23. The van der Waals surface area contributed by atoms with Gasteiger partial charge in [-0.05, 0) is 49.9 Å². The Morgan fingerprint density at radius 2 is 2.13 bits per heavy atom. The number of piperidine rings is 1. The lowest BCUT2D eigenvalue weighted by atomic mass is 9.98. The molecule has 1 aliphatic rings. The van der Waals surface area contributed by atoms with Crippen LogP contribution < -0.4 is 11.1 Å². The van der Waals surface area contributed by atoms with Crippen LogP contribution in [0.25, 0.3) is 0 Å². The van der Waals surface area contributed by atoms with E-state index in [-0.39, 0.29) is 18.3 Å². The minimum absolute atomic E-state index is 0. The van der Waals surface area contributed by atoms with Gasteiger partial charge in [-0.1, -0.05) is 24.6 Å².